The number of anilines is 1. The standard InChI is InChI=1S/C26H34N2O6/c1-6-13-28(15-24(29)27-21-10-8-7-9-19(21)4)25(30)17-34-26(31)20-11-12-22(23(14-20)32-5)33-16-18(2)3/h7-12,14,18H,6,13,15-17H2,1-5H3,(H,27,29). The lowest BCUT2D eigenvalue weighted by molar-refractivity contribution is -0.137. The molecule has 0 radical (unpaired) electrons. The molecule has 0 unspecified atom stereocenters. The first-order valence-corrected chi connectivity index (χ1v) is 11.4. The SMILES string of the molecule is CCCN(CC(=O)Nc1ccccc1C)C(=O)COC(=O)c1ccc(OCC(C)C)c(OC)c1. The molecule has 1 N–H and O–H groups in total. The monoisotopic (exact) mass is 470 g/mol. The molecule has 0 saturated heterocycles. The van der Waals surface area contributed by atoms with Crippen LogP contribution in [0.2, 0.25) is 0 Å². The number of para-hydroxylation sites is 1. The van der Waals surface area contributed by atoms with E-state index in [4.69, 9.17) is 14.2 Å². The number of benzene rings is 2. The van der Waals surface area contributed by atoms with Crippen LogP contribution in [-0.2, 0) is 14.3 Å². The Labute approximate surface area is 201 Å². The lowest BCUT2D eigenvalue weighted by atomic mass is 10.2. The van der Waals surface area contributed by atoms with Crippen molar-refractivity contribution in [1.82, 2.24) is 4.90 Å². The first-order valence-electron chi connectivity index (χ1n) is 11.4. The zero-order valence-corrected chi connectivity index (χ0v) is 20.6. The number of hydrogen-bond donors (Lipinski definition) is 1. The fourth-order valence-electron chi connectivity index (χ4n) is 3.11. The smallest absolute Gasteiger partial charge is 0.338 e. The Morgan fingerprint density at radius 2 is 1.79 bits per heavy atom. The van der Waals surface area contributed by atoms with Gasteiger partial charge in [0.25, 0.3) is 5.91 Å². The first kappa shape index (κ1) is 26.7. The maximum atomic E-state index is 12.7. The summed E-state index contributed by atoms with van der Waals surface area (Å²) in [4.78, 5) is 39.0. The van der Waals surface area contributed by atoms with Crippen LogP contribution in [0, 0.1) is 12.8 Å². The van der Waals surface area contributed by atoms with E-state index in [1.54, 1.807) is 18.2 Å². The number of ether oxygens (including phenoxy) is 3. The van der Waals surface area contributed by atoms with Gasteiger partial charge in [0.15, 0.2) is 18.1 Å². The van der Waals surface area contributed by atoms with E-state index in [2.05, 4.69) is 5.32 Å². The highest BCUT2D eigenvalue weighted by atomic mass is 16.5. The highest BCUT2D eigenvalue weighted by Crippen LogP contribution is 2.28. The number of nitrogens with zero attached hydrogens (tertiary/aromatic N) is 1. The number of carbonyl (C=O) groups excluding carboxylic acids is 3. The summed E-state index contributed by atoms with van der Waals surface area (Å²) in [6.07, 6.45) is 0.659. The van der Waals surface area contributed by atoms with Crippen LogP contribution in [0.4, 0.5) is 5.69 Å². The lowest BCUT2D eigenvalue weighted by Crippen LogP contribution is -2.40. The second kappa shape index (κ2) is 13.2. The Morgan fingerprint density at radius 1 is 1.06 bits per heavy atom. The van der Waals surface area contributed by atoms with Crippen LogP contribution in [0.1, 0.15) is 43.1 Å². The van der Waals surface area contributed by atoms with Crippen molar-refractivity contribution >= 4 is 23.5 Å². The number of aryl methyl sites for hydroxylation is 1. The molecule has 0 atom stereocenters. The van der Waals surface area contributed by atoms with Crippen molar-refractivity contribution in [3.05, 3.63) is 53.6 Å². The molecule has 0 spiro atoms. The molecule has 0 fully saturated rings. The normalized spacial score (nSPS) is 10.5. The van der Waals surface area contributed by atoms with Crippen molar-refractivity contribution in [3.8, 4) is 11.5 Å². The molecule has 34 heavy (non-hydrogen) atoms. The van der Waals surface area contributed by atoms with E-state index in [-0.39, 0.29) is 18.0 Å². The molecule has 0 aliphatic rings. The Balaban J connectivity index is 1.96. The third-order valence-corrected chi connectivity index (χ3v) is 4.90. The molecule has 0 saturated carbocycles. The summed E-state index contributed by atoms with van der Waals surface area (Å²) in [6, 6.07) is 12.1. The molecular weight excluding hydrogens is 436 g/mol. The fraction of sp³-hybridized carbons (Fsp3) is 0.423. The van der Waals surface area contributed by atoms with Gasteiger partial charge in [0.2, 0.25) is 5.91 Å². The van der Waals surface area contributed by atoms with E-state index in [9.17, 15) is 14.4 Å². The summed E-state index contributed by atoms with van der Waals surface area (Å²) in [5.74, 6) is -0.157. The molecule has 184 valence electrons. The van der Waals surface area contributed by atoms with Gasteiger partial charge in [0, 0.05) is 12.2 Å². The van der Waals surface area contributed by atoms with Gasteiger partial charge >= 0.3 is 5.97 Å². The molecule has 2 rings (SSSR count). The average molecular weight is 471 g/mol. The summed E-state index contributed by atoms with van der Waals surface area (Å²) in [6.45, 7) is 8.14. The van der Waals surface area contributed by atoms with E-state index in [1.807, 2.05) is 45.9 Å². The van der Waals surface area contributed by atoms with Gasteiger partial charge in [-0.3, -0.25) is 9.59 Å². The summed E-state index contributed by atoms with van der Waals surface area (Å²) in [5.41, 5.74) is 1.85. The summed E-state index contributed by atoms with van der Waals surface area (Å²) in [7, 11) is 1.49. The zero-order chi connectivity index (χ0) is 25.1. The zero-order valence-electron chi connectivity index (χ0n) is 20.6. The van der Waals surface area contributed by atoms with Crippen molar-refractivity contribution in [2.45, 2.75) is 34.1 Å². The Morgan fingerprint density at radius 3 is 2.44 bits per heavy atom. The van der Waals surface area contributed by atoms with Gasteiger partial charge in [-0.25, -0.2) is 4.79 Å². The van der Waals surface area contributed by atoms with Crippen molar-refractivity contribution in [1.29, 1.82) is 0 Å². The second-order valence-electron chi connectivity index (χ2n) is 8.33. The molecular formula is C26H34N2O6. The van der Waals surface area contributed by atoms with Gasteiger partial charge in [-0.1, -0.05) is 39.0 Å². The molecule has 0 aliphatic heterocycles. The third kappa shape index (κ3) is 8.10. The number of amides is 2. The highest BCUT2D eigenvalue weighted by molar-refractivity contribution is 5.96. The first-order chi connectivity index (χ1) is 16.2. The molecule has 8 nitrogen and oxygen atoms in total. The fourth-order valence-corrected chi connectivity index (χ4v) is 3.11. The predicted octanol–water partition coefficient (Wildman–Crippen LogP) is 4.07. The van der Waals surface area contributed by atoms with Crippen LogP contribution >= 0.6 is 0 Å². The predicted molar refractivity (Wildman–Crippen MR) is 130 cm³/mol. The van der Waals surface area contributed by atoms with Crippen molar-refractivity contribution in [2.24, 2.45) is 5.92 Å². The average Bonchev–Trinajstić information content (AvgIpc) is 2.82. The number of carbonyl (C=O) groups is 3. The number of hydrogen-bond acceptors (Lipinski definition) is 6. The maximum Gasteiger partial charge on any atom is 0.338 e. The molecule has 2 amide bonds. The Kier molecular flexibility index (Phi) is 10.4. The van der Waals surface area contributed by atoms with Gasteiger partial charge in [-0.05, 0) is 49.1 Å². The largest absolute Gasteiger partial charge is 0.493 e. The van der Waals surface area contributed by atoms with Crippen LogP contribution < -0.4 is 14.8 Å². The number of nitrogens with one attached hydrogen (secondary N) is 1. The van der Waals surface area contributed by atoms with Crippen LogP contribution in [-0.4, -0.2) is 56.1 Å². The van der Waals surface area contributed by atoms with Crippen LogP contribution in [0.5, 0.6) is 11.5 Å². The van der Waals surface area contributed by atoms with Crippen LogP contribution in [0.15, 0.2) is 42.5 Å². The van der Waals surface area contributed by atoms with Crippen LogP contribution in [0.3, 0.4) is 0 Å². The summed E-state index contributed by atoms with van der Waals surface area (Å²) < 4.78 is 16.2. The molecule has 0 aliphatic carbocycles. The van der Waals surface area contributed by atoms with E-state index in [0.29, 0.717) is 42.7 Å². The van der Waals surface area contributed by atoms with E-state index < -0.39 is 18.5 Å². The van der Waals surface area contributed by atoms with Gasteiger partial charge in [-0.2, -0.15) is 0 Å². The Hall–Kier alpha value is -3.55. The molecule has 0 bridgehead atoms. The quantitative estimate of drug-likeness (QED) is 0.470. The number of methoxy groups -OCH3 is 1. The minimum absolute atomic E-state index is 0.131. The molecule has 0 aromatic heterocycles. The van der Waals surface area contributed by atoms with Gasteiger partial charge in [0.05, 0.1) is 25.8 Å². The van der Waals surface area contributed by atoms with Crippen molar-refractivity contribution in [2.75, 3.05) is 38.7 Å². The maximum absolute atomic E-state index is 12.7. The Bertz CT molecular complexity index is 989. The summed E-state index contributed by atoms with van der Waals surface area (Å²) >= 11 is 0. The van der Waals surface area contributed by atoms with E-state index in [1.165, 1.54) is 18.1 Å². The van der Waals surface area contributed by atoms with Gasteiger partial charge in [-0.15, -0.1) is 0 Å². The second-order valence-corrected chi connectivity index (χ2v) is 8.33. The van der Waals surface area contributed by atoms with E-state index >= 15 is 0 Å². The summed E-state index contributed by atoms with van der Waals surface area (Å²) in [5, 5.41) is 2.81. The number of rotatable bonds is 12. The van der Waals surface area contributed by atoms with Crippen LogP contribution in [0.25, 0.3) is 0 Å². The molecule has 8 heteroatoms. The van der Waals surface area contributed by atoms with E-state index in [0.717, 1.165) is 5.56 Å². The lowest BCUT2D eigenvalue weighted by Gasteiger charge is -2.21. The van der Waals surface area contributed by atoms with Crippen molar-refractivity contribution in [3.63, 3.8) is 0 Å². The minimum Gasteiger partial charge on any atom is -0.493 e. The highest BCUT2D eigenvalue weighted by Gasteiger charge is 2.20. The number of esters is 1. The molecule has 2 aromatic carbocycles. The topological polar surface area (TPSA) is 94.2 Å². The molecule has 0 heterocycles. The molecule has 2 aromatic rings. The van der Waals surface area contributed by atoms with Gasteiger partial charge in [0.1, 0.15) is 0 Å². The van der Waals surface area contributed by atoms with Crippen molar-refractivity contribution < 1.29 is 28.6 Å². The minimum atomic E-state index is -0.664. The van der Waals surface area contributed by atoms with Gasteiger partial charge < -0.3 is 24.4 Å². The third-order valence-electron chi connectivity index (χ3n) is 4.90.